The van der Waals surface area contributed by atoms with Crippen LogP contribution < -0.4 is 0 Å². The highest BCUT2D eigenvalue weighted by molar-refractivity contribution is 6.47. The zero-order chi connectivity index (χ0) is 8.59. The number of ketones is 2. The Bertz CT molecular complexity index is 296. The number of aliphatic hydroxyl groups excluding tert-OH is 2. The highest BCUT2D eigenvalue weighted by Gasteiger charge is 2.25. The normalized spacial score (nSPS) is 18.8. The minimum atomic E-state index is -0.972. The van der Waals surface area contributed by atoms with E-state index in [1.807, 2.05) is 0 Å². The summed E-state index contributed by atoms with van der Waals surface area (Å²) >= 11 is 0. The van der Waals surface area contributed by atoms with Gasteiger partial charge in [-0.05, 0) is 6.92 Å². The molecule has 0 aromatic rings. The third-order valence-corrected chi connectivity index (χ3v) is 1.45. The van der Waals surface area contributed by atoms with Gasteiger partial charge in [-0.1, -0.05) is 0 Å². The van der Waals surface area contributed by atoms with E-state index in [4.69, 9.17) is 10.2 Å². The monoisotopic (exact) mass is 154 g/mol. The molecule has 4 nitrogen and oxygen atoms in total. The molecule has 1 rings (SSSR count). The minimum Gasteiger partial charge on any atom is -0.507 e. The lowest BCUT2D eigenvalue weighted by atomic mass is 10.0. The fourth-order valence-corrected chi connectivity index (χ4v) is 0.706. The first-order valence-electron chi connectivity index (χ1n) is 2.93. The van der Waals surface area contributed by atoms with Gasteiger partial charge in [0.15, 0.2) is 5.76 Å². The molecule has 0 amide bonds. The summed E-state index contributed by atoms with van der Waals surface area (Å²) in [6.07, 6.45) is 0.789. The van der Waals surface area contributed by atoms with Crippen LogP contribution >= 0.6 is 0 Å². The maximum absolute atomic E-state index is 10.7. The maximum atomic E-state index is 10.7. The van der Waals surface area contributed by atoms with Crippen LogP contribution in [0.1, 0.15) is 6.92 Å². The number of rotatable bonds is 0. The largest absolute Gasteiger partial charge is 0.507 e. The molecule has 0 heterocycles. The van der Waals surface area contributed by atoms with E-state index in [-0.39, 0.29) is 11.3 Å². The van der Waals surface area contributed by atoms with Crippen LogP contribution in [0.4, 0.5) is 0 Å². The Morgan fingerprint density at radius 1 is 1.27 bits per heavy atom. The molecule has 58 valence electrons. The van der Waals surface area contributed by atoms with E-state index >= 15 is 0 Å². The number of hydrogen-bond donors (Lipinski definition) is 2. The molecular weight excluding hydrogens is 148 g/mol. The van der Waals surface area contributed by atoms with Crippen molar-refractivity contribution >= 4 is 11.6 Å². The molecular formula is C7H6O4. The van der Waals surface area contributed by atoms with Gasteiger partial charge in [0.05, 0.1) is 0 Å². The summed E-state index contributed by atoms with van der Waals surface area (Å²) in [5.41, 5.74) is 0.0367. The zero-order valence-electron chi connectivity index (χ0n) is 5.79. The van der Waals surface area contributed by atoms with Crippen molar-refractivity contribution in [3.63, 3.8) is 0 Å². The van der Waals surface area contributed by atoms with E-state index in [1.54, 1.807) is 0 Å². The van der Waals surface area contributed by atoms with Gasteiger partial charge in [0.25, 0.3) is 5.78 Å². The van der Waals surface area contributed by atoms with E-state index in [0.29, 0.717) is 0 Å². The molecule has 0 unspecified atom stereocenters. The summed E-state index contributed by atoms with van der Waals surface area (Å²) in [6.45, 7) is 1.35. The molecule has 4 heteroatoms. The maximum Gasteiger partial charge on any atom is 0.267 e. The molecule has 0 atom stereocenters. The molecule has 11 heavy (non-hydrogen) atoms. The number of allylic oxidation sites excluding steroid dienone is 3. The van der Waals surface area contributed by atoms with Gasteiger partial charge in [-0.25, -0.2) is 0 Å². The number of carbonyl (C=O) groups is 2. The number of carbonyl (C=O) groups excluding carboxylic acids is 2. The van der Waals surface area contributed by atoms with Gasteiger partial charge >= 0.3 is 0 Å². The first-order valence-corrected chi connectivity index (χ1v) is 2.93. The minimum absolute atomic E-state index is 0.0367. The zero-order valence-corrected chi connectivity index (χ0v) is 5.79. The summed E-state index contributed by atoms with van der Waals surface area (Å²) in [6, 6.07) is 0. The smallest absolute Gasteiger partial charge is 0.267 e. The number of aliphatic hydroxyl groups is 2. The molecule has 0 radical (unpaired) electrons. The Labute approximate surface area is 62.5 Å². The van der Waals surface area contributed by atoms with Gasteiger partial charge in [0.2, 0.25) is 5.78 Å². The van der Waals surface area contributed by atoms with Gasteiger partial charge in [0.1, 0.15) is 5.76 Å². The van der Waals surface area contributed by atoms with Crippen molar-refractivity contribution in [2.24, 2.45) is 0 Å². The van der Waals surface area contributed by atoms with Gasteiger partial charge in [-0.3, -0.25) is 9.59 Å². The second-order valence-electron chi connectivity index (χ2n) is 2.20. The summed E-state index contributed by atoms with van der Waals surface area (Å²) in [7, 11) is 0. The Kier molecular flexibility index (Phi) is 1.53. The van der Waals surface area contributed by atoms with Gasteiger partial charge in [-0.2, -0.15) is 0 Å². The molecule has 0 aliphatic heterocycles. The van der Waals surface area contributed by atoms with Crippen molar-refractivity contribution in [1.29, 1.82) is 0 Å². The standard InChI is InChI=1S/C7H6O4/c1-3-4(8)2-5(9)7(11)6(3)10/h2,8,10H,1H3. The summed E-state index contributed by atoms with van der Waals surface area (Å²) in [5, 5.41) is 17.8. The fourth-order valence-electron chi connectivity index (χ4n) is 0.706. The van der Waals surface area contributed by atoms with Crippen LogP contribution in [-0.4, -0.2) is 21.8 Å². The lowest BCUT2D eigenvalue weighted by Gasteiger charge is -2.07. The van der Waals surface area contributed by atoms with Gasteiger partial charge in [0, 0.05) is 11.6 Å². The van der Waals surface area contributed by atoms with Crippen molar-refractivity contribution in [3.05, 3.63) is 23.2 Å². The molecule has 1 aliphatic rings. The van der Waals surface area contributed by atoms with Crippen molar-refractivity contribution in [2.45, 2.75) is 6.92 Å². The predicted octanol–water partition coefficient (Wildman–Crippen LogP) is 0.412. The Morgan fingerprint density at radius 3 is 2.36 bits per heavy atom. The van der Waals surface area contributed by atoms with E-state index < -0.39 is 17.3 Å². The van der Waals surface area contributed by atoms with Crippen LogP contribution in [0.3, 0.4) is 0 Å². The van der Waals surface area contributed by atoms with Crippen LogP contribution in [0.25, 0.3) is 0 Å². The quantitative estimate of drug-likeness (QED) is 0.391. The lowest BCUT2D eigenvalue weighted by Crippen LogP contribution is -2.20. The van der Waals surface area contributed by atoms with Crippen LogP contribution in [0.5, 0.6) is 0 Å². The Balaban J connectivity index is 3.22. The van der Waals surface area contributed by atoms with Gasteiger partial charge < -0.3 is 10.2 Å². The van der Waals surface area contributed by atoms with E-state index in [2.05, 4.69) is 0 Å². The first kappa shape index (κ1) is 7.53. The average Bonchev–Trinajstić information content (AvgIpc) is 1.97. The number of Topliss-reactive ketones (excluding diaryl/α,β-unsaturated/α-hetero) is 1. The van der Waals surface area contributed by atoms with Crippen LogP contribution in [0.2, 0.25) is 0 Å². The number of hydrogen-bond acceptors (Lipinski definition) is 4. The summed E-state index contributed by atoms with van der Waals surface area (Å²) in [4.78, 5) is 21.2. The third kappa shape index (κ3) is 1.02. The van der Waals surface area contributed by atoms with E-state index in [1.165, 1.54) is 6.92 Å². The van der Waals surface area contributed by atoms with E-state index in [0.717, 1.165) is 6.08 Å². The molecule has 1 aliphatic carbocycles. The fraction of sp³-hybridized carbons (Fsp3) is 0.143. The molecule has 0 bridgehead atoms. The van der Waals surface area contributed by atoms with Crippen molar-refractivity contribution < 1.29 is 19.8 Å². The highest BCUT2D eigenvalue weighted by Crippen LogP contribution is 2.16. The molecule has 0 saturated carbocycles. The topological polar surface area (TPSA) is 74.6 Å². The molecule has 0 saturated heterocycles. The van der Waals surface area contributed by atoms with Crippen molar-refractivity contribution in [3.8, 4) is 0 Å². The molecule has 0 fully saturated rings. The van der Waals surface area contributed by atoms with Crippen LogP contribution in [-0.2, 0) is 9.59 Å². The molecule has 2 N–H and O–H groups in total. The molecule has 0 aromatic heterocycles. The van der Waals surface area contributed by atoms with Crippen LogP contribution in [0.15, 0.2) is 23.2 Å². The molecule has 0 spiro atoms. The second-order valence-corrected chi connectivity index (χ2v) is 2.20. The second kappa shape index (κ2) is 2.23. The van der Waals surface area contributed by atoms with Crippen molar-refractivity contribution in [1.82, 2.24) is 0 Å². The Morgan fingerprint density at radius 2 is 1.82 bits per heavy atom. The predicted molar refractivity (Wildman–Crippen MR) is 36.1 cm³/mol. The van der Waals surface area contributed by atoms with Gasteiger partial charge in [-0.15, -0.1) is 0 Å². The first-order chi connectivity index (χ1) is 5.04. The van der Waals surface area contributed by atoms with Crippen molar-refractivity contribution in [2.75, 3.05) is 0 Å². The molecule has 0 aromatic carbocycles. The van der Waals surface area contributed by atoms with Crippen LogP contribution in [0, 0.1) is 0 Å². The Hall–Kier alpha value is -1.58. The third-order valence-electron chi connectivity index (χ3n) is 1.45. The summed E-state index contributed by atoms with van der Waals surface area (Å²) in [5.74, 6) is -2.90. The SMILES string of the molecule is CC1=C(O)C(=O)C(=O)C=C1O. The average molecular weight is 154 g/mol. The highest BCUT2D eigenvalue weighted by atomic mass is 16.3. The lowest BCUT2D eigenvalue weighted by molar-refractivity contribution is -0.133. The van der Waals surface area contributed by atoms with E-state index in [9.17, 15) is 9.59 Å². The summed E-state index contributed by atoms with van der Waals surface area (Å²) < 4.78 is 0.